The number of hydrogen-bond acceptors (Lipinski definition) is 7. The largest absolute Gasteiger partial charge is 0.481 e. The molecule has 0 aromatic carbocycles. The van der Waals surface area contributed by atoms with Gasteiger partial charge in [-0.15, -0.1) is 5.10 Å². The molecule has 5 heterocycles. The van der Waals surface area contributed by atoms with Gasteiger partial charge in [-0.3, -0.25) is 5.10 Å². The van der Waals surface area contributed by atoms with Crippen molar-refractivity contribution in [3.63, 3.8) is 0 Å². The molecule has 29 heavy (non-hydrogen) atoms. The first-order valence-electron chi connectivity index (χ1n) is 9.59. The molecule has 0 spiro atoms. The standard InChI is InChI=1S/C20H22N8O/c1-13-10-17(25-24-13)22-19-16-4-3-8-28(16)26-20(23-19)27-9-7-15(12-27)14-5-6-18(29-2)21-11-14/h3-6,8,10-11,15H,7,9,12H2,1-2H3,(H2,22,23,24,25,26). The minimum atomic E-state index is 0.391. The fourth-order valence-corrected chi connectivity index (χ4v) is 3.72. The smallest absolute Gasteiger partial charge is 0.245 e. The first kappa shape index (κ1) is 17.5. The topological polar surface area (TPSA) is 96.3 Å². The number of anilines is 3. The van der Waals surface area contributed by atoms with E-state index in [2.05, 4.69) is 31.5 Å². The second-order valence-electron chi connectivity index (χ2n) is 7.23. The van der Waals surface area contributed by atoms with E-state index in [1.165, 1.54) is 5.56 Å². The molecule has 5 rings (SSSR count). The van der Waals surface area contributed by atoms with E-state index in [0.717, 1.165) is 42.4 Å². The summed E-state index contributed by atoms with van der Waals surface area (Å²) in [6.45, 7) is 3.71. The summed E-state index contributed by atoms with van der Waals surface area (Å²) in [7, 11) is 1.63. The summed E-state index contributed by atoms with van der Waals surface area (Å²) >= 11 is 0. The monoisotopic (exact) mass is 390 g/mol. The molecule has 1 unspecified atom stereocenters. The molecule has 1 saturated heterocycles. The van der Waals surface area contributed by atoms with Gasteiger partial charge < -0.3 is 15.0 Å². The number of hydrogen-bond donors (Lipinski definition) is 2. The van der Waals surface area contributed by atoms with Gasteiger partial charge in [0.2, 0.25) is 11.8 Å². The van der Waals surface area contributed by atoms with Crippen LogP contribution in [0.1, 0.15) is 23.6 Å². The summed E-state index contributed by atoms with van der Waals surface area (Å²) in [6, 6.07) is 9.90. The summed E-state index contributed by atoms with van der Waals surface area (Å²) in [4.78, 5) is 11.4. The molecular weight excluding hydrogens is 368 g/mol. The molecule has 0 aliphatic carbocycles. The van der Waals surface area contributed by atoms with E-state index in [9.17, 15) is 0 Å². The lowest BCUT2D eigenvalue weighted by Gasteiger charge is -2.18. The number of ether oxygens (including phenoxy) is 1. The minimum absolute atomic E-state index is 0.391. The van der Waals surface area contributed by atoms with Crippen molar-refractivity contribution in [2.45, 2.75) is 19.3 Å². The Kier molecular flexibility index (Phi) is 4.27. The average Bonchev–Trinajstić information content (AvgIpc) is 3.48. The minimum Gasteiger partial charge on any atom is -0.481 e. The molecule has 0 amide bonds. The average molecular weight is 390 g/mol. The Balaban J connectivity index is 1.41. The number of aryl methyl sites for hydroxylation is 1. The summed E-state index contributed by atoms with van der Waals surface area (Å²) < 4.78 is 7.01. The van der Waals surface area contributed by atoms with E-state index in [0.29, 0.717) is 17.7 Å². The molecule has 1 aliphatic rings. The first-order valence-corrected chi connectivity index (χ1v) is 9.59. The number of nitrogens with zero attached hydrogens (tertiary/aromatic N) is 6. The highest BCUT2D eigenvalue weighted by atomic mass is 16.5. The Hall–Kier alpha value is -3.62. The van der Waals surface area contributed by atoms with E-state index < -0.39 is 0 Å². The molecule has 9 nitrogen and oxygen atoms in total. The van der Waals surface area contributed by atoms with Crippen LogP contribution in [0.4, 0.5) is 17.6 Å². The highest BCUT2D eigenvalue weighted by molar-refractivity contribution is 5.73. The lowest BCUT2D eigenvalue weighted by molar-refractivity contribution is 0.397. The van der Waals surface area contributed by atoms with Crippen molar-refractivity contribution in [1.82, 2.24) is 29.8 Å². The molecule has 148 valence electrons. The summed E-state index contributed by atoms with van der Waals surface area (Å²) in [5.41, 5.74) is 3.11. The zero-order chi connectivity index (χ0) is 19.8. The molecule has 2 N–H and O–H groups in total. The lowest BCUT2D eigenvalue weighted by Crippen LogP contribution is -2.23. The zero-order valence-corrected chi connectivity index (χ0v) is 16.3. The van der Waals surface area contributed by atoms with Gasteiger partial charge in [0.15, 0.2) is 11.6 Å². The van der Waals surface area contributed by atoms with Crippen molar-refractivity contribution < 1.29 is 4.74 Å². The highest BCUT2D eigenvalue weighted by Crippen LogP contribution is 2.31. The zero-order valence-electron chi connectivity index (χ0n) is 16.3. The van der Waals surface area contributed by atoms with Crippen LogP contribution < -0.4 is 15.0 Å². The molecule has 4 aromatic rings. The Morgan fingerprint density at radius 2 is 2.21 bits per heavy atom. The van der Waals surface area contributed by atoms with Gasteiger partial charge in [0.05, 0.1) is 7.11 Å². The maximum Gasteiger partial charge on any atom is 0.245 e. The van der Waals surface area contributed by atoms with E-state index >= 15 is 0 Å². The molecular formula is C20H22N8O. The van der Waals surface area contributed by atoms with Gasteiger partial charge in [-0.25, -0.2) is 9.50 Å². The third kappa shape index (κ3) is 3.35. The van der Waals surface area contributed by atoms with Gasteiger partial charge in [0, 0.05) is 49.2 Å². The van der Waals surface area contributed by atoms with Crippen LogP contribution >= 0.6 is 0 Å². The van der Waals surface area contributed by atoms with Crippen molar-refractivity contribution in [3.05, 3.63) is 54.0 Å². The number of H-pyrrole nitrogens is 1. The summed E-state index contributed by atoms with van der Waals surface area (Å²) in [5, 5.41) is 15.2. The molecule has 4 aromatic heterocycles. The van der Waals surface area contributed by atoms with Gasteiger partial charge in [0.1, 0.15) is 5.52 Å². The third-order valence-electron chi connectivity index (χ3n) is 5.24. The van der Waals surface area contributed by atoms with Crippen molar-refractivity contribution in [1.29, 1.82) is 0 Å². The lowest BCUT2D eigenvalue weighted by atomic mass is 10.0. The quantitative estimate of drug-likeness (QED) is 0.541. The maximum atomic E-state index is 5.16. The molecule has 9 heteroatoms. The predicted octanol–water partition coefficient (Wildman–Crippen LogP) is 2.90. The van der Waals surface area contributed by atoms with E-state index in [1.54, 1.807) is 7.11 Å². The van der Waals surface area contributed by atoms with E-state index in [-0.39, 0.29) is 0 Å². The Morgan fingerprint density at radius 1 is 1.28 bits per heavy atom. The number of methoxy groups -OCH3 is 1. The van der Waals surface area contributed by atoms with E-state index in [4.69, 9.17) is 14.8 Å². The number of nitrogens with one attached hydrogen (secondary N) is 2. The molecule has 1 aliphatic heterocycles. The molecule has 1 atom stereocenters. The van der Waals surface area contributed by atoms with Crippen LogP contribution in [0.15, 0.2) is 42.7 Å². The molecule has 1 fully saturated rings. The number of fused-ring (bicyclic) bond motifs is 1. The highest BCUT2D eigenvalue weighted by Gasteiger charge is 2.27. The van der Waals surface area contributed by atoms with Crippen molar-refractivity contribution in [2.75, 3.05) is 30.4 Å². The maximum absolute atomic E-state index is 5.16. The number of rotatable bonds is 5. The normalized spacial score (nSPS) is 16.5. The van der Waals surface area contributed by atoms with Crippen LogP contribution in [0.2, 0.25) is 0 Å². The number of pyridine rings is 1. The Bertz CT molecular complexity index is 1130. The van der Waals surface area contributed by atoms with E-state index in [1.807, 2.05) is 48.1 Å². The SMILES string of the molecule is COc1ccc(C2CCN(c3nc(Nc4cc(C)[nH]n4)c4cccn4n3)C2)cn1. The van der Waals surface area contributed by atoms with Crippen LogP contribution in [0.3, 0.4) is 0 Å². The number of aromatic nitrogens is 6. The Labute approximate surface area is 167 Å². The molecule has 0 saturated carbocycles. The van der Waals surface area contributed by atoms with Gasteiger partial charge in [-0.05, 0) is 31.0 Å². The predicted molar refractivity (Wildman–Crippen MR) is 110 cm³/mol. The third-order valence-corrected chi connectivity index (χ3v) is 5.24. The number of aromatic amines is 1. The van der Waals surface area contributed by atoms with Crippen LogP contribution in [-0.2, 0) is 0 Å². The van der Waals surface area contributed by atoms with Crippen molar-refractivity contribution in [3.8, 4) is 5.88 Å². The van der Waals surface area contributed by atoms with Gasteiger partial charge >= 0.3 is 0 Å². The van der Waals surface area contributed by atoms with Crippen molar-refractivity contribution in [2.24, 2.45) is 0 Å². The van der Waals surface area contributed by atoms with Crippen LogP contribution in [0.25, 0.3) is 5.52 Å². The fraction of sp³-hybridized carbons (Fsp3) is 0.300. The van der Waals surface area contributed by atoms with Gasteiger partial charge in [-0.2, -0.15) is 10.1 Å². The summed E-state index contributed by atoms with van der Waals surface area (Å²) in [6.07, 6.45) is 4.86. The summed E-state index contributed by atoms with van der Waals surface area (Å²) in [5.74, 6) is 3.20. The van der Waals surface area contributed by atoms with Crippen molar-refractivity contribution >= 4 is 23.1 Å². The fourth-order valence-electron chi connectivity index (χ4n) is 3.72. The van der Waals surface area contributed by atoms with Gasteiger partial charge in [-0.1, -0.05) is 6.07 Å². The first-order chi connectivity index (χ1) is 14.2. The second kappa shape index (κ2) is 7.08. The second-order valence-corrected chi connectivity index (χ2v) is 7.23. The molecule has 0 bridgehead atoms. The van der Waals surface area contributed by atoms with Crippen LogP contribution in [0, 0.1) is 6.92 Å². The van der Waals surface area contributed by atoms with Gasteiger partial charge in [0.25, 0.3) is 0 Å². The van der Waals surface area contributed by atoms with Crippen LogP contribution in [-0.4, -0.2) is 50.0 Å². The molecule has 0 radical (unpaired) electrons. The van der Waals surface area contributed by atoms with Crippen LogP contribution in [0.5, 0.6) is 5.88 Å². The Morgan fingerprint density at radius 3 is 2.97 bits per heavy atom.